The first-order valence-corrected chi connectivity index (χ1v) is 13.0. The lowest BCUT2D eigenvalue weighted by atomic mass is 9.89. The average Bonchev–Trinajstić information content (AvgIpc) is 3.32. The Hall–Kier alpha value is -3.99. The van der Waals surface area contributed by atoms with E-state index in [-0.39, 0.29) is 5.91 Å². The summed E-state index contributed by atoms with van der Waals surface area (Å²) in [5.41, 5.74) is 7.99. The van der Waals surface area contributed by atoms with Crippen LogP contribution in [0.25, 0.3) is 16.9 Å². The average molecular weight is 495 g/mol. The zero-order valence-electron chi connectivity index (χ0n) is 21.8. The second kappa shape index (κ2) is 11.0. The predicted molar refractivity (Wildman–Crippen MR) is 148 cm³/mol. The topological polar surface area (TPSA) is 52.5 Å². The maximum atomic E-state index is 12.9. The summed E-state index contributed by atoms with van der Waals surface area (Å²) >= 11 is 0. The molecule has 4 aromatic rings. The highest BCUT2D eigenvalue weighted by Gasteiger charge is 2.23. The molecule has 1 amide bonds. The van der Waals surface area contributed by atoms with Crippen molar-refractivity contribution in [3.63, 3.8) is 0 Å². The van der Waals surface area contributed by atoms with E-state index in [0.717, 1.165) is 35.6 Å². The number of ether oxygens (including phenoxy) is 2. The van der Waals surface area contributed by atoms with Crippen LogP contribution >= 0.6 is 0 Å². The molecule has 1 atom stereocenters. The highest BCUT2D eigenvalue weighted by molar-refractivity contribution is 5.94. The molecule has 0 saturated carbocycles. The molecule has 0 saturated heterocycles. The Bertz CT molecular complexity index is 1370. The number of hydrogen-bond donors (Lipinski definition) is 1. The largest absolute Gasteiger partial charge is 0.497 e. The number of carbonyl (C=O) groups excluding carboxylic acids is 1. The lowest BCUT2D eigenvalue weighted by Crippen LogP contribution is -2.25. The quantitative estimate of drug-likeness (QED) is 0.315. The van der Waals surface area contributed by atoms with Gasteiger partial charge in [0.15, 0.2) is 0 Å². The Morgan fingerprint density at radius 1 is 0.973 bits per heavy atom. The van der Waals surface area contributed by atoms with E-state index >= 15 is 0 Å². The van der Waals surface area contributed by atoms with Gasteiger partial charge in [-0.2, -0.15) is 0 Å². The number of amides is 1. The van der Waals surface area contributed by atoms with Crippen LogP contribution < -0.4 is 14.8 Å². The van der Waals surface area contributed by atoms with E-state index in [1.807, 2.05) is 30.3 Å². The van der Waals surface area contributed by atoms with E-state index in [1.54, 1.807) is 14.2 Å². The summed E-state index contributed by atoms with van der Waals surface area (Å²) in [7, 11) is 3.29. The zero-order valence-corrected chi connectivity index (χ0v) is 21.8. The molecule has 5 heteroatoms. The van der Waals surface area contributed by atoms with Gasteiger partial charge in [-0.1, -0.05) is 37.3 Å². The molecular formula is C32H34N2O3. The minimum absolute atomic E-state index is 0.0833. The third kappa shape index (κ3) is 5.26. The molecule has 3 aromatic carbocycles. The van der Waals surface area contributed by atoms with Gasteiger partial charge < -0.3 is 19.4 Å². The van der Waals surface area contributed by atoms with Gasteiger partial charge in [-0.25, -0.2) is 0 Å². The molecule has 0 spiro atoms. The summed E-state index contributed by atoms with van der Waals surface area (Å²) in [5, 5.41) is 3.04. The number of nitrogens with zero attached hydrogens (tertiary/aromatic N) is 1. The highest BCUT2D eigenvalue weighted by Crippen LogP contribution is 2.35. The van der Waals surface area contributed by atoms with Gasteiger partial charge in [0.25, 0.3) is 5.91 Å². The van der Waals surface area contributed by atoms with Crippen molar-refractivity contribution in [3.05, 3.63) is 101 Å². The number of methoxy groups -OCH3 is 2. The van der Waals surface area contributed by atoms with Crippen molar-refractivity contribution in [2.45, 2.75) is 32.6 Å². The Morgan fingerprint density at radius 2 is 1.76 bits per heavy atom. The van der Waals surface area contributed by atoms with Crippen molar-refractivity contribution >= 4 is 5.91 Å². The van der Waals surface area contributed by atoms with E-state index in [1.165, 1.54) is 28.9 Å². The molecule has 0 unspecified atom stereocenters. The summed E-state index contributed by atoms with van der Waals surface area (Å²) in [6.45, 7) is 2.84. The molecule has 0 radical (unpaired) electrons. The summed E-state index contributed by atoms with van der Waals surface area (Å²) < 4.78 is 13.2. The Kier molecular flexibility index (Phi) is 7.31. The molecule has 1 heterocycles. The third-order valence-corrected chi connectivity index (χ3v) is 7.26. The molecule has 190 valence electrons. The summed E-state index contributed by atoms with van der Waals surface area (Å²) in [6.07, 6.45) is 4.03. The van der Waals surface area contributed by atoms with E-state index in [2.05, 4.69) is 65.3 Å². The molecule has 37 heavy (non-hydrogen) atoms. The number of hydrogen-bond acceptors (Lipinski definition) is 3. The predicted octanol–water partition coefficient (Wildman–Crippen LogP) is 6.26. The molecule has 1 N–H and O–H groups in total. The third-order valence-electron chi connectivity index (χ3n) is 7.26. The van der Waals surface area contributed by atoms with Crippen molar-refractivity contribution in [2.75, 3.05) is 20.8 Å². The van der Waals surface area contributed by atoms with Crippen LogP contribution in [0.4, 0.5) is 0 Å². The van der Waals surface area contributed by atoms with Crippen LogP contribution in [0, 0.1) is 5.92 Å². The van der Waals surface area contributed by atoms with Crippen LogP contribution in [0.2, 0.25) is 0 Å². The molecule has 0 bridgehead atoms. The van der Waals surface area contributed by atoms with Crippen molar-refractivity contribution in [2.24, 2.45) is 5.92 Å². The maximum absolute atomic E-state index is 12.9. The van der Waals surface area contributed by atoms with Gasteiger partial charge in [-0.05, 0) is 96.8 Å². The number of fused-ring (bicyclic) bond motifs is 1. The fraction of sp³-hybridized carbons (Fsp3) is 0.281. The molecule has 0 aliphatic heterocycles. The first-order chi connectivity index (χ1) is 18.1. The van der Waals surface area contributed by atoms with E-state index in [0.29, 0.717) is 24.4 Å². The lowest BCUT2D eigenvalue weighted by Gasteiger charge is -2.21. The van der Waals surface area contributed by atoms with Crippen molar-refractivity contribution in [1.29, 1.82) is 0 Å². The van der Waals surface area contributed by atoms with Gasteiger partial charge >= 0.3 is 0 Å². The van der Waals surface area contributed by atoms with Crippen molar-refractivity contribution < 1.29 is 14.3 Å². The number of aromatic nitrogens is 1. The SMILES string of the molecule is COc1ccc(OC)c(CCNC(=O)c2ccc(-n3c(-c4ccccc4)cc4c3CC[C@@H](C)C4)cc2)c1. The maximum Gasteiger partial charge on any atom is 0.251 e. The van der Waals surface area contributed by atoms with Crippen LogP contribution in [0.1, 0.15) is 40.5 Å². The molecule has 1 aliphatic rings. The summed E-state index contributed by atoms with van der Waals surface area (Å²) in [4.78, 5) is 12.9. The lowest BCUT2D eigenvalue weighted by molar-refractivity contribution is 0.0954. The second-order valence-corrected chi connectivity index (χ2v) is 9.78. The van der Waals surface area contributed by atoms with Gasteiger partial charge in [0.1, 0.15) is 11.5 Å². The number of rotatable bonds is 8. The van der Waals surface area contributed by atoms with Crippen LogP contribution in [-0.4, -0.2) is 31.2 Å². The van der Waals surface area contributed by atoms with Crippen molar-refractivity contribution in [3.8, 4) is 28.4 Å². The highest BCUT2D eigenvalue weighted by atomic mass is 16.5. The minimum atomic E-state index is -0.0833. The van der Waals surface area contributed by atoms with Crippen LogP contribution in [0.3, 0.4) is 0 Å². The molecule has 5 nitrogen and oxygen atoms in total. The minimum Gasteiger partial charge on any atom is -0.497 e. The fourth-order valence-electron chi connectivity index (χ4n) is 5.28. The second-order valence-electron chi connectivity index (χ2n) is 9.78. The standard InChI is InChI=1S/C32H34N2O3/c1-22-9-15-29-26(19-22)21-30(23-7-5-4-6-8-23)34(29)27-12-10-24(11-13-27)32(35)33-18-17-25-20-28(36-2)14-16-31(25)37-3/h4-8,10-14,16,20-22H,9,15,17-19H2,1-3H3,(H,33,35)/t22-/m1/s1. The first-order valence-electron chi connectivity index (χ1n) is 13.0. The van der Waals surface area contributed by atoms with Crippen molar-refractivity contribution in [1.82, 2.24) is 9.88 Å². The van der Waals surface area contributed by atoms with E-state index in [9.17, 15) is 4.79 Å². The Morgan fingerprint density at radius 3 is 2.49 bits per heavy atom. The molecule has 1 aliphatic carbocycles. The van der Waals surface area contributed by atoms with Crippen LogP contribution in [0.15, 0.2) is 78.9 Å². The Labute approximate surface area is 219 Å². The zero-order chi connectivity index (χ0) is 25.8. The summed E-state index contributed by atoms with van der Waals surface area (Å²) in [6, 6.07) is 26.6. The number of benzene rings is 3. The van der Waals surface area contributed by atoms with Crippen LogP contribution in [-0.2, 0) is 19.3 Å². The van der Waals surface area contributed by atoms with Gasteiger partial charge in [-0.3, -0.25) is 4.79 Å². The molecule has 0 fully saturated rings. The monoisotopic (exact) mass is 494 g/mol. The number of carbonyl (C=O) groups is 1. The summed E-state index contributed by atoms with van der Waals surface area (Å²) in [5.74, 6) is 2.18. The molecule has 1 aromatic heterocycles. The fourth-order valence-corrected chi connectivity index (χ4v) is 5.28. The first kappa shape index (κ1) is 24.7. The normalized spacial score (nSPS) is 14.6. The molecular weight excluding hydrogens is 460 g/mol. The molecule has 5 rings (SSSR count). The smallest absolute Gasteiger partial charge is 0.251 e. The van der Waals surface area contributed by atoms with Gasteiger partial charge in [-0.15, -0.1) is 0 Å². The van der Waals surface area contributed by atoms with E-state index in [4.69, 9.17) is 9.47 Å². The van der Waals surface area contributed by atoms with Gasteiger partial charge in [0, 0.05) is 23.5 Å². The number of nitrogens with one attached hydrogen (secondary N) is 1. The Balaban J connectivity index is 1.34. The van der Waals surface area contributed by atoms with Gasteiger partial charge in [0.05, 0.1) is 19.9 Å². The van der Waals surface area contributed by atoms with Gasteiger partial charge in [0.2, 0.25) is 0 Å². The van der Waals surface area contributed by atoms with E-state index < -0.39 is 0 Å². The van der Waals surface area contributed by atoms with Crippen LogP contribution in [0.5, 0.6) is 11.5 Å².